The van der Waals surface area contributed by atoms with Crippen LogP contribution in [-0.4, -0.2) is 40.5 Å². The van der Waals surface area contributed by atoms with Gasteiger partial charge in [0.2, 0.25) is 0 Å². The van der Waals surface area contributed by atoms with Crippen molar-refractivity contribution in [3.8, 4) is 11.5 Å². The molecule has 164 valence electrons. The Kier molecular flexibility index (Phi) is 8.72. The first-order chi connectivity index (χ1) is 14.4. The normalized spacial score (nSPS) is 12.2. The van der Waals surface area contributed by atoms with E-state index in [1.54, 1.807) is 63.4 Å². The van der Waals surface area contributed by atoms with Gasteiger partial charge in [-0.1, -0.05) is 0 Å². The monoisotopic (exact) mass is 437 g/mol. The van der Waals surface area contributed by atoms with E-state index in [0.29, 0.717) is 28.3 Å². The molecule has 0 aliphatic heterocycles. The summed E-state index contributed by atoms with van der Waals surface area (Å²) in [5, 5.41) is 3.22. The van der Waals surface area contributed by atoms with Gasteiger partial charge in [0, 0.05) is 17.3 Å². The summed E-state index contributed by atoms with van der Waals surface area (Å²) in [6, 6.07) is 11.8. The number of carbonyl (C=O) groups is 1. The molecule has 30 heavy (non-hydrogen) atoms. The molecule has 0 spiro atoms. The van der Waals surface area contributed by atoms with Gasteiger partial charge in [-0.05, 0) is 50.2 Å². The molecule has 0 amide bonds. The quantitative estimate of drug-likeness (QED) is 0.393. The number of rotatable bonds is 11. The molecule has 2 rings (SSSR count). The Balaban J connectivity index is 2.51. The first kappa shape index (κ1) is 23.7. The van der Waals surface area contributed by atoms with E-state index >= 15 is 0 Å². The van der Waals surface area contributed by atoms with E-state index in [2.05, 4.69) is 5.32 Å². The fourth-order valence-corrected chi connectivity index (χ4v) is 4.85. The van der Waals surface area contributed by atoms with Crippen LogP contribution in [0.25, 0.3) is 0 Å². The van der Waals surface area contributed by atoms with Crippen molar-refractivity contribution in [2.45, 2.75) is 19.6 Å². The Morgan fingerprint density at radius 3 is 2.10 bits per heavy atom. The van der Waals surface area contributed by atoms with Crippen molar-refractivity contribution < 1.29 is 32.6 Å². The second kappa shape index (κ2) is 11.0. The minimum absolute atomic E-state index is 0.204. The summed E-state index contributed by atoms with van der Waals surface area (Å²) >= 11 is 0. The molecule has 1 N–H and O–H groups in total. The van der Waals surface area contributed by atoms with E-state index in [0.717, 1.165) is 0 Å². The lowest BCUT2D eigenvalue weighted by atomic mass is 10.1. The van der Waals surface area contributed by atoms with Crippen molar-refractivity contribution in [2.75, 3.05) is 39.9 Å². The highest BCUT2D eigenvalue weighted by atomic mass is 31.2. The number of hydrogen-bond acceptors (Lipinski definition) is 8. The van der Waals surface area contributed by atoms with Gasteiger partial charge in [-0.3, -0.25) is 4.57 Å². The van der Waals surface area contributed by atoms with Crippen LogP contribution in [0.15, 0.2) is 42.5 Å². The zero-order valence-corrected chi connectivity index (χ0v) is 18.7. The molecule has 0 heterocycles. The van der Waals surface area contributed by atoms with Crippen molar-refractivity contribution in [1.82, 2.24) is 0 Å². The van der Waals surface area contributed by atoms with Gasteiger partial charge in [0.25, 0.3) is 0 Å². The molecule has 0 unspecified atom stereocenters. The fourth-order valence-electron chi connectivity index (χ4n) is 2.90. The van der Waals surface area contributed by atoms with Crippen LogP contribution in [0.3, 0.4) is 0 Å². The SMILES string of the molecule is CCOP(=O)(OCC)[C@H](Nc1ccc(C(=O)OC)cc1)c1ccc(OC)cc1OC. The molecular weight excluding hydrogens is 409 g/mol. The van der Waals surface area contributed by atoms with E-state index in [1.807, 2.05) is 0 Å². The predicted molar refractivity (Wildman–Crippen MR) is 115 cm³/mol. The van der Waals surface area contributed by atoms with Crippen molar-refractivity contribution in [1.29, 1.82) is 0 Å². The Morgan fingerprint density at radius 2 is 1.60 bits per heavy atom. The molecule has 8 nitrogen and oxygen atoms in total. The molecule has 0 fully saturated rings. The summed E-state index contributed by atoms with van der Waals surface area (Å²) < 4.78 is 40.4. The lowest BCUT2D eigenvalue weighted by molar-refractivity contribution is 0.0600. The van der Waals surface area contributed by atoms with Gasteiger partial charge in [-0.15, -0.1) is 0 Å². The minimum atomic E-state index is -3.64. The van der Waals surface area contributed by atoms with E-state index in [1.165, 1.54) is 14.2 Å². The number of ether oxygens (including phenoxy) is 3. The third kappa shape index (κ3) is 5.53. The second-order valence-corrected chi connectivity index (χ2v) is 8.21. The second-order valence-electron chi connectivity index (χ2n) is 6.10. The van der Waals surface area contributed by atoms with Gasteiger partial charge in [0.1, 0.15) is 11.5 Å². The van der Waals surface area contributed by atoms with Gasteiger partial charge in [0.05, 0.1) is 40.1 Å². The Labute approximate surface area is 177 Å². The zero-order valence-electron chi connectivity index (χ0n) is 17.8. The van der Waals surface area contributed by atoms with Crippen molar-refractivity contribution in [3.63, 3.8) is 0 Å². The Hall–Kier alpha value is -2.54. The molecule has 0 saturated heterocycles. The molecule has 0 aromatic heterocycles. The molecule has 0 saturated carbocycles. The molecule has 0 bridgehead atoms. The highest BCUT2D eigenvalue weighted by Gasteiger charge is 2.39. The Morgan fingerprint density at radius 1 is 0.967 bits per heavy atom. The van der Waals surface area contributed by atoms with Crippen molar-refractivity contribution >= 4 is 19.3 Å². The summed E-state index contributed by atoms with van der Waals surface area (Å²) in [6.07, 6.45) is 0. The number of hydrogen-bond donors (Lipinski definition) is 1. The molecule has 0 radical (unpaired) electrons. The molecule has 9 heteroatoms. The van der Waals surface area contributed by atoms with Crippen LogP contribution in [-0.2, 0) is 18.3 Å². The third-order valence-corrected chi connectivity index (χ3v) is 6.55. The summed E-state index contributed by atoms with van der Waals surface area (Å²) in [5.74, 6) is -0.233. The first-order valence-electron chi connectivity index (χ1n) is 9.48. The molecule has 0 aliphatic carbocycles. The minimum Gasteiger partial charge on any atom is -0.497 e. The van der Waals surface area contributed by atoms with Gasteiger partial charge in [0.15, 0.2) is 5.78 Å². The standard InChI is InChI=1S/C21H28NO7P/c1-6-28-30(24,29-7-2)20(18-13-12-17(25-3)14-19(18)26-4)22-16-10-8-15(9-11-16)21(23)27-5/h8-14,20,22H,6-7H2,1-5H3/t20-/m0/s1. The van der Waals surface area contributed by atoms with Gasteiger partial charge in [-0.25, -0.2) is 4.79 Å². The van der Waals surface area contributed by atoms with Crippen LogP contribution in [0, 0.1) is 0 Å². The fraction of sp³-hybridized carbons (Fsp3) is 0.381. The van der Waals surface area contributed by atoms with Crippen LogP contribution in [0.2, 0.25) is 0 Å². The third-order valence-electron chi connectivity index (χ3n) is 4.28. The topological polar surface area (TPSA) is 92.3 Å². The molecule has 2 aromatic carbocycles. The highest BCUT2D eigenvalue weighted by molar-refractivity contribution is 7.54. The average Bonchev–Trinajstić information content (AvgIpc) is 2.77. The van der Waals surface area contributed by atoms with Crippen LogP contribution in [0.4, 0.5) is 5.69 Å². The smallest absolute Gasteiger partial charge is 0.357 e. The lowest BCUT2D eigenvalue weighted by Crippen LogP contribution is -2.16. The lowest BCUT2D eigenvalue weighted by Gasteiger charge is -2.29. The number of benzene rings is 2. The predicted octanol–water partition coefficient (Wildman–Crippen LogP) is 4.87. The van der Waals surface area contributed by atoms with E-state index in [-0.39, 0.29) is 13.2 Å². The number of methoxy groups -OCH3 is 3. The first-order valence-corrected chi connectivity index (χ1v) is 11.1. The van der Waals surface area contributed by atoms with E-state index in [4.69, 9.17) is 23.3 Å². The summed E-state index contributed by atoms with van der Waals surface area (Å²) in [6.45, 7) is 3.91. The summed E-state index contributed by atoms with van der Waals surface area (Å²) in [7, 11) is 0.754. The molecular formula is C21H28NO7P. The maximum absolute atomic E-state index is 13.7. The van der Waals surface area contributed by atoms with Crippen LogP contribution in [0.5, 0.6) is 11.5 Å². The molecule has 2 aromatic rings. The summed E-state index contributed by atoms with van der Waals surface area (Å²) in [4.78, 5) is 11.7. The zero-order chi connectivity index (χ0) is 22.1. The average molecular weight is 437 g/mol. The van der Waals surface area contributed by atoms with E-state index in [9.17, 15) is 9.36 Å². The maximum Gasteiger partial charge on any atom is 0.357 e. The highest BCUT2D eigenvalue weighted by Crippen LogP contribution is 2.62. The van der Waals surface area contributed by atoms with Crippen molar-refractivity contribution in [2.24, 2.45) is 0 Å². The largest absolute Gasteiger partial charge is 0.497 e. The van der Waals surface area contributed by atoms with Crippen LogP contribution < -0.4 is 14.8 Å². The number of esters is 1. The van der Waals surface area contributed by atoms with Gasteiger partial charge < -0.3 is 28.6 Å². The van der Waals surface area contributed by atoms with Crippen molar-refractivity contribution in [3.05, 3.63) is 53.6 Å². The number of anilines is 1. The van der Waals surface area contributed by atoms with E-state index < -0.39 is 19.3 Å². The number of carbonyl (C=O) groups excluding carboxylic acids is 1. The maximum atomic E-state index is 13.7. The summed E-state index contributed by atoms with van der Waals surface area (Å²) in [5.41, 5.74) is 1.60. The number of nitrogens with one attached hydrogen (secondary N) is 1. The van der Waals surface area contributed by atoms with Gasteiger partial charge in [-0.2, -0.15) is 0 Å². The molecule has 0 aliphatic rings. The van der Waals surface area contributed by atoms with Crippen LogP contribution in [0.1, 0.15) is 35.6 Å². The van der Waals surface area contributed by atoms with Gasteiger partial charge >= 0.3 is 13.6 Å². The molecule has 1 atom stereocenters. The van der Waals surface area contributed by atoms with Crippen LogP contribution >= 0.6 is 7.60 Å². The Bertz CT molecular complexity index is 875.